The van der Waals surface area contributed by atoms with Gasteiger partial charge in [0.25, 0.3) is 0 Å². The van der Waals surface area contributed by atoms with Crippen LogP contribution in [0.4, 0.5) is 11.4 Å². The summed E-state index contributed by atoms with van der Waals surface area (Å²) >= 11 is 0. The zero-order chi connectivity index (χ0) is 17.5. The van der Waals surface area contributed by atoms with E-state index >= 15 is 0 Å². The Balaban J connectivity index is 1.65. The lowest BCUT2D eigenvalue weighted by atomic mass is 9.99. The van der Waals surface area contributed by atoms with Crippen LogP contribution in [0.1, 0.15) is 11.1 Å². The van der Waals surface area contributed by atoms with Gasteiger partial charge in [-0.1, -0.05) is 54.1 Å². The normalized spacial score (nSPS) is 12.6. The minimum Gasteiger partial charge on any atom is -0.336 e. The molecule has 0 spiro atoms. The first-order valence-corrected chi connectivity index (χ1v) is 8.87. The number of benzene rings is 3. The molecule has 0 saturated heterocycles. The van der Waals surface area contributed by atoms with Crippen molar-refractivity contribution in [2.45, 2.75) is 13.5 Å². The molecular weight excluding hydrogens is 318 g/mol. The lowest BCUT2D eigenvalue weighted by molar-refractivity contribution is 0.884. The summed E-state index contributed by atoms with van der Waals surface area (Å²) < 4.78 is 1.99. The third kappa shape index (κ3) is 2.40. The average molecular weight is 337 g/mol. The van der Waals surface area contributed by atoms with Gasteiger partial charge in [-0.05, 0) is 37.3 Å². The number of rotatable bonds is 2. The van der Waals surface area contributed by atoms with Gasteiger partial charge in [0.2, 0.25) is 0 Å². The molecule has 0 bridgehead atoms. The summed E-state index contributed by atoms with van der Waals surface area (Å²) in [5.74, 6) is 0. The first-order chi connectivity index (χ1) is 12.8. The summed E-state index contributed by atoms with van der Waals surface area (Å²) in [6, 6.07) is 27.5. The second-order valence-electron chi connectivity index (χ2n) is 6.72. The molecule has 0 saturated carbocycles. The van der Waals surface area contributed by atoms with E-state index in [4.69, 9.17) is 5.10 Å². The molecule has 1 aromatic heterocycles. The molecule has 2 heterocycles. The number of fused-ring (bicyclic) bond motifs is 3. The van der Waals surface area contributed by atoms with Crippen LogP contribution in [0.2, 0.25) is 0 Å². The fourth-order valence-corrected chi connectivity index (χ4v) is 3.58. The summed E-state index contributed by atoms with van der Waals surface area (Å²) in [5, 5.41) is 4.89. The summed E-state index contributed by atoms with van der Waals surface area (Å²) in [5.41, 5.74) is 8.28. The monoisotopic (exact) mass is 337 g/mol. The quantitative estimate of drug-likeness (QED) is 0.481. The van der Waals surface area contributed by atoms with E-state index in [-0.39, 0.29) is 0 Å². The minimum absolute atomic E-state index is 0.822. The van der Waals surface area contributed by atoms with E-state index in [0.29, 0.717) is 0 Å². The fraction of sp³-hybridized carbons (Fsp3) is 0.0870. The Morgan fingerprint density at radius 1 is 0.769 bits per heavy atom. The van der Waals surface area contributed by atoms with Gasteiger partial charge in [-0.25, -0.2) is 4.68 Å². The van der Waals surface area contributed by atoms with Crippen molar-refractivity contribution in [2.75, 3.05) is 4.90 Å². The molecule has 0 unspecified atom stereocenters. The lowest BCUT2D eigenvalue weighted by Crippen LogP contribution is -2.20. The number of hydrogen-bond donors (Lipinski definition) is 0. The van der Waals surface area contributed by atoms with Gasteiger partial charge in [-0.2, -0.15) is 5.10 Å². The number of aromatic nitrogens is 2. The third-order valence-corrected chi connectivity index (χ3v) is 4.93. The molecule has 1 aliphatic rings. The number of nitrogens with zero attached hydrogens (tertiary/aromatic N) is 3. The molecule has 3 nitrogen and oxygen atoms in total. The van der Waals surface area contributed by atoms with Crippen LogP contribution >= 0.6 is 0 Å². The number of aryl methyl sites for hydroxylation is 1. The van der Waals surface area contributed by atoms with Gasteiger partial charge in [0, 0.05) is 23.0 Å². The topological polar surface area (TPSA) is 21.1 Å². The Labute approximate surface area is 153 Å². The molecule has 26 heavy (non-hydrogen) atoms. The van der Waals surface area contributed by atoms with Gasteiger partial charge in [-0.15, -0.1) is 0 Å². The van der Waals surface area contributed by atoms with E-state index in [1.807, 2.05) is 22.9 Å². The predicted octanol–water partition coefficient (Wildman–Crippen LogP) is 5.50. The summed E-state index contributed by atoms with van der Waals surface area (Å²) in [6.07, 6.45) is 2.15. The van der Waals surface area contributed by atoms with Gasteiger partial charge in [0.1, 0.15) is 0 Å². The standard InChI is InChI=1S/C23H19N3/c1-17-11-13-19(14-12-17)25-15-18-16-26(20-7-3-2-4-8-20)24-23(18)21-9-5-6-10-22(21)25/h2-14,16H,15H2,1H3. The van der Waals surface area contributed by atoms with Gasteiger partial charge in [0.15, 0.2) is 0 Å². The fourth-order valence-electron chi connectivity index (χ4n) is 3.58. The maximum Gasteiger partial charge on any atom is 0.0998 e. The lowest BCUT2D eigenvalue weighted by Gasteiger charge is -2.30. The first-order valence-electron chi connectivity index (χ1n) is 8.87. The molecule has 5 rings (SSSR count). The highest BCUT2D eigenvalue weighted by Gasteiger charge is 2.25. The molecule has 3 aromatic carbocycles. The van der Waals surface area contributed by atoms with Crippen LogP contribution in [0.25, 0.3) is 16.9 Å². The molecule has 126 valence electrons. The highest BCUT2D eigenvalue weighted by atomic mass is 15.3. The first kappa shape index (κ1) is 15.0. The Bertz CT molecular complexity index is 1060. The number of hydrogen-bond acceptors (Lipinski definition) is 2. The Morgan fingerprint density at radius 2 is 1.50 bits per heavy atom. The molecule has 0 aliphatic carbocycles. The van der Waals surface area contributed by atoms with Crippen LogP contribution in [-0.2, 0) is 6.54 Å². The van der Waals surface area contributed by atoms with Crippen molar-refractivity contribution in [3.05, 3.63) is 96.2 Å². The third-order valence-electron chi connectivity index (χ3n) is 4.93. The zero-order valence-corrected chi connectivity index (χ0v) is 14.6. The molecule has 0 fully saturated rings. The van der Waals surface area contributed by atoms with Crippen molar-refractivity contribution >= 4 is 11.4 Å². The van der Waals surface area contributed by atoms with Gasteiger partial charge >= 0.3 is 0 Å². The van der Waals surface area contributed by atoms with Crippen LogP contribution in [-0.4, -0.2) is 9.78 Å². The smallest absolute Gasteiger partial charge is 0.0998 e. The molecule has 0 atom stereocenters. The van der Waals surface area contributed by atoms with Crippen LogP contribution in [0.15, 0.2) is 85.1 Å². The van der Waals surface area contributed by atoms with Crippen LogP contribution < -0.4 is 4.90 Å². The second kappa shape index (κ2) is 5.88. The van der Waals surface area contributed by atoms with E-state index in [2.05, 4.69) is 78.7 Å². The maximum absolute atomic E-state index is 4.89. The van der Waals surface area contributed by atoms with E-state index < -0.39 is 0 Å². The largest absolute Gasteiger partial charge is 0.336 e. The van der Waals surface area contributed by atoms with Gasteiger partial charge < -0.3 is 4.90 Å². The number of para-hydroxylation sites is 2. The predicted molar refractivity (Wildman–Crippen MR) is 106 cm³/mol. The molecule has 0 amide bonds. The summed E-state index contributed by atoms with van der Waals surface area (Å²) in [4.78, 5) is 2.37. The summed E-state index contributed by atoms with van der Waals surface area (Å²) in [7, 11) is 0. The molecule has 3 heteroatoms. The highest BCUT2D eigenvalue weighted by Crippen LogP contribution is 2.42. The molecule has 1 aliphatic heterocycles. The Morgan fingerprint density at radius 3 is 2.31 bits per heavy atom. The van der Waals surface area contributed by atoms with Gasteiger partial charge in [-0.3, -0.25) is 0 Å². The van der Waals surface area contributed by atoms with E-state index in [0.717, 1.165) is 17.9 Å². The SMILES string of the molecule is Cc1ccc(N2Cc3cn(-c4ccccc4)nc3-c3ccccc32)cc1. The second-order valence-corrected chi connectivity index (χ2v) is 6.72. The van der Waals surface area contributed by atoms with Crippen molar-refractivity contribution in [3.63, 3.8) is 0 Å². The van der Waals surface area contributed by atoms with Crippen molar-refractivity contribution in [1.82, 2.24) is 9.78 Å². The highest BCUT2D eigenvalue weighted by molar-refractivity contribution is 5.85. The minimum atomic E-state index is 0.822. The number of anilines is 2. The van der Waals surface area contributed by atoms with Gasteiger partial charge in [0.05, 0.1) is 23.6 Å². The van der Waals surface area contributed by atoms with Crippen molar-refractivity contribution in [1.29, 1.82) is 0 Å². The summed E-state index contributed by atoms with van der Waals surface area (Å²) in [6.45, 7) is 2.94. The van der Waals surface area contributed by atoms with Crippen molar-refractivity contribution < 1.29 is 0 Å². The molecule has 0 N–H and O–H groups in total. The van der Waals surface area contributed by atoms with Crippen LogP contribution in [0.5, 0.6) is 0 Å². The van der Waals surface area contributed by atoms with E-state index in [9.17, 15) is 0 Å². The van der Waals surface area contributed by atoms with E-state index in [1.54, 1.807) is 0 Å². The van der Waals surface area contributed by atoms with E-state index in [1.165, 1.54) is 28.1 Å². The Hall–Kier alpha value is -3.33. The van der Waals surface area contributed by atoms with Crippen molar-refractivity contribution in [2.24, 2.45) is 0 Å². The van der Waals surface area contributed by atoms with Crippen LogP contribution in [0.3, 0.4) is 0 Å². The molecular formula is C23H19N3. The zero-order valence-electron chi connectivity index (χ0n) is 14.6. The van der Waals surface area contributed by atoms with Crippen molar-refractivity contribution in [3.8, 4) is 16.9 Å². The van der Waals surface area contributed by atoms with Crippen LogP contribution in [0, 0.1) is 6.92 Å². The average Bonchev–Trinajstić information content (AvgIpc) is 3.13. The molecule has 0 radical (unpaired) electrons. The molecule has 4 aromatic rings. The maximum atomic E-state index is 4.89. The Kier molecular flexibility index (Phi) is 3.39.